The Morgan fingerprint density at radius 3 is 1.74 bits per heavy atom. The lowest BCUT2D eigenvalue weighted by atomic mass is 9.83. The normalized spacial score (nSPS) is 37.1. The molecule has 0 N–H and O–H groups in total. The van der Waals surface area contributed by atoms with Gasteiger partial charge in [-0.05, 0) is 84.5 Å². The maximum absolute atomic E-state index is 12.0. The Morgan fingerprint density at radius 1 is 0.789 bits per heavy atom. The summed E-state index contributed by atoms with van der Waals surface area (Å²) in [5.41, 5.74) is 5.45. The van der Waals surface area contributed by atoms with Crippen molar-refractivity contribution in [1.29, 1.82) is 0 Å². The lowest BCUT2D eigenvalue weighted by Gasteiger charge is -2.24. The summed E-state index contributed by atoms with van der Waals surface area (Å²) in [4.78, 5) is 0. The van der Waals surface area contributed by atoms with Crippen LogP contribution in [0.15, 0.2) is 6.07 Å². The lowest BCUT2D eigenvalue weighted by molar-refractivity contribution is 0.609. The van der Waals surface area contributed by atoms with Crippen LogP contribution in [0.25, 0.3) is 0 Å². The monoisotopic (exact) mass is 368 g/mol. The van der Waals surface area contributed by atoms with Crippen LogP contribution in [0.1, 0.15) is 84.5 Å². The fourth-order valence-corrected chi connectivity index (χ4v) is 7.90. The average molecular weight is 368 g/mol. The van der Waals surface area contributed by atoms with Crippen LogP contribution in [-0.4, -0.2) is 0 Å². The molecule has 0 saturated heterocycles. The summed E-state index contributed by atoms with van der Waals surface area (Å²) in [7, 11) is 0. The van der Waals surface area contributed by atoms with Gasteiger partial charge in [0.15, 0.2) is 0 Å². The van der Waals surface area contributed by atoms with E-state index in [0.717, 1.165) is 3.57 Å². The molecule has 2 nitrogen and oxygen atoms in total. The highest BCUT2D eigenvalue weighted by atomic mass is 127. The summed E-state index contributed by atoms with van der Waals surface area (Å²) >= 11 is -3.36. The van der Waals surface area contributed by atoms with Crippen molar-refractivity contribution in [3.63, 3.8) is 0 Å². The van der Waals surface area contributed by atoms with Crippen LogP contribution >= 0.6 is 19.8 Å². The second-order valence-electron chi connectivity index (χ2n) is 6.83. The topological polar surface area (TPSA) is 34.1 Å². The molecule has 2 saturated carbocycles. The molecule has 4 aliphatic carbocycles. The summed E-state index contributed by atoms with van der Waals surface area (Å²) in [6.07, 6.45) is 7.48. The predicted octanol–water partition coefficient (Wildman–Crippen LogP) is 4.78. The molecule has 4 aliphatic rings. The zero-order valence-corrected chi connectivity index (χ0v) is 13.0. The van der Waals surface area contributed by atoms with E-state index in [1.54, 1.807) is 0 Å². The Labute approximate surface area is 120 Å². The number of halogens is 1. The van der Waals surface area contributed by atoms with Gasteiger partial charge in [0.2, 0.25) is 0 Å². The maximum atomic E-state index is 12.0. The third-order valence-electron chi connectivity index (χ3n) is 6.12. The highest BCUT2D eigenvalue weighted by molar-refractivity contribution is 14.2. The highest BCUT2D eigenvalue weighted by Crippen LogP contribution is 2.62. The van der Waals surface area contributed by atoms with Crippen LogP contribution in [0, 0.1) is 3.57 Å². The summed E-state index contributed by atoms with van der Waals surface area (Å²) in [6, 6.07) is 2.43. The summed E-state index contributed by atoms with van der Waals surface area (Å²) in [6.45, 7) is 0. The van der Waals surface area contributed by atoms with Gasteiger partial charge in [-0.25, -0.2) is 6.14 Å². The molecular formula is C16H17IO2. The van der Waals surface area contributed by atoms with Gasteiger partial charge in [0.1, 0.15) is 0 Å². The minimum atomic E-state index is -3.36. The second-order valence-corrected chi connectivity index (χ2v) is 9.15. The second kappa shape index (κ2) is 3.60. The van der Waals surface area contributed by atoms with E-state index in [-0.39, 0.29) is 0 Å². The standard InChI is InChI=1S/C16H17IO2/c18-17(19)16-14-10-3-1-8(5-10)12(14)7-13-9-2-4-11(6-9)15(13)16/h7-11H,1-6H2/t8-,9-,10+,11+/m1/s1. The van der Waals surface area contributed by atoms with E-state index >= 15 is 0 Å². The van der Waals surface area contributed by atoms with Gasteiger partial charge in [0.05, 0.1) is 3.57 Å². The van der Waals surface area contributed by atoms with E-state index in [4.69, 9.17) is 0 Å². The Kier molecular flexibility index (Phi) is 2.13. The van der Waals surface area contributed by atoms with Gasteiger partial charge in [-0.3, -0.25) is 0 Å². The fraction of sp³-hybridized carbons (Fsp3) is 0.625. The number of hydrogen-bond donors (Lipinski definition) is 0. The molecule has 1 aromatic rings. The molecule has 0 unspecified atom stereocenters. The van der Waals surface area contributed by atoms with E-state index in [1.807, 2.05) is 0 Å². The first kappa shape index (κ1) is 11.2. The van der Waals surface area contributed by atoms with Gasteiger partial charge < -0.3 is 0 Å². The Bertz CT molecular complexity index is 622. The van der Waals surface area contributed by atoms with Crippen molar-refractivity contribution >= 4 is 19.8 Å². The van der Waals surface area contributed by atoms with E-state index in [0.29, 0.717) is 23.7 Å². The van der Waals surface area contributed by atoms with Crippen LogP contribution in [0.5, 0.6) is 0 Å². The third kappa shape index (κ3) is 1.28. The zero-order valence-electron chi connectivity index (χ0n) is 10.8. The first-order chi connectivity index (χ1) is 9.24. The molecule has 0 heterocycles. The Morgan fingerprint density at radius 2 is 1.26 bits per heavy atom. The SMILES string of the molecule is O=I(=O)c1c2c(cc3c1[C@H]1CC[C@@H]3C1)[C@@H]1CC[C@H]2C1. The van der Waals surface area contributed by atoms with Gasteiger partial charge in [-0.1, -0.05) is 6.07 Å². The molecule has 1 aromatic carbocycles. The quantitative estimate of drug-likeness (QED) is 0.669. The van der Waals surface area contributed by atoms with Crippen molar-refractivity contribution in [1.82, 2.24) is 0 Å². The van der Waals surface area contributed by atoms with Crippen LogP contribution in [-0.2, 0) is 6.14 Å². The number of hydrogen-bond acceptors (Lipinski definition) is 2. The van der Waals surface area contributed by atoms with Crippen molar-refractivity contribution in [2.45, 2.75) is 62.2 Å². The van der Waals surface area contributed by atoms with Crippen molar-refractivity contribution in [2.24, 2.45) is 0 Å². The van der Waals surface area contributed by atoms with Crippen LogP contribution in [0.4, 0.5) is 0 Å². The first-order valence-corrected chi connectivity index (χ1v) is 10.3. The van der Waals surface area contributed by atoms with Crippen LogP contribution in [0.3, 0.4) is 0 Å². The molecule has 0 amide bonds. The molecule has 3 heteroatoms. The first-order valence-electron chi connectivity index (χ1n) is 7.50. The van der Waals surface area contributed by atoms with Crippen molar-refractivity contribution < 1.29 is 6.14 Å². The molecule has 0 spiro atoms. The molecular weight excluding hydrogens is 351 g/mol. The molecule has 0 radical (unpaired) electrons. The smallest absolute Gasteiger partial charge is 0.230 e. The average Bonchev–Trinajstić information content (AvgIpc) is 3.15. The summed E-state index contributed by atoms with van der Waals surface area (Å²) in [5, 5.41) is 0. The van der Waals surface area contributed by atoms with E-state index in [9.17, 15) is 6.14 Å². The molecule has 4 bridgehead atoms. The van der Waals surface area contributed by atoms with Crippen molar-refractivity contribution in [2.75, 3.05) is 0 Å². The molecule has 4 atom stereocenters. The highest BCUT2D eigenvalue weighted by Gasteiger charge is 2.46. The minimum absolute atomic E-state index is 0.571. The Hall–Kier alpha value is -0.450. The molecule has 5 rings (SSSR count). The van der Waals surface area contributed by atoms with Gasteiger partial charge in [0, 0.05) is 0 Å². The summed E-state index contributed by atoms with van der Waals surface area (Å²) < 4.78 is 24.9. The maximum Gasteiger partial charge on any atom is 0.341 e. The number of fused-ring (bicyclic) bond motifs is 10. The molecule has 19 heavy (non-hydrogen) atoms. The fourth-order valence-electron chi connectivity index (χ4n) is 5.45. The van der Waals surface area contributed by atoms with E-state index in [1.165, 1.54) is 60.8 Å². The molecule has 2 fully saturated rings. The predicted molar refractivity (Wildman–Crippen MR) is 79.2 cm³/mol. The number of rotatable bonds is 1. The number of benzene rings is 1. The molecule has 0 aromatic heterocycles. The van der Waals surface area contributed by atoms with E-state index in [2.05, 4.69) is 6.07 Å². The third-order valence-corrected chi connectivity index (χ3v) is 8.16. The Balaban J connectivity index is 1.88. The molecule has 100 valence electrons. The summed E-state index contributed by atoms with van der Waals surface area (Å²) in [5.74, 6) is 2.50. The van der Waals surface area contributed by atoms with Gasteiger partial charge >= 0.3 is 19.8 Å². The van der Waals surface area contributed by atoms with Crippen molar-refractivity contribution in [3.05, 3.63) is 31.9 Å². The van der Waals surface area contributed by atoms with Gasteiger partial charge in [0.25, 0.3) is 0 Å². The molecule has 0 aliphatic heterocycles. The largest absolute Gasteiger partial charge is 0.341 e. The van der Waals surface area contributed by atoms with Crippen LogP contribution < -0.4 is 0 Å². The van der Waals surface area contributed by atoms with Gasteiger partial charge in [-0.15, -0.1) is 0 Å². The van der Waals surface area contributed by atoms with Gasteiger partial charge in [-0.2, -0.15) is 0 Å². The van der Waals surface area contributed by atoms with E-state index < -0.39 is 19.8 Å². The lowest BCUT2D eigenvalue weighted by Crippen LogP contribution is -2.09. The zero-order chi connectivity index (χ0) is 12.7. The van der Waals surface area contributed by atoms with Crippen molar-refractivity contribution in [3.8, 4) is 0 Å². The van der Waals surface area contributed by atoms with Crippen LogP contribution in [0.2, 0.25) is 0 Å². The minimum Gasteiger partial charge on any atom is -0.230 e.